The first-order valence-electron chi connectivity index (χ1n) is 6.58. The van der Waals surface area contributed by atoms with Crippen LogP contribution in [0.3, 0.4) is 0 Å². The maximum absolute atomic E-state index is 9.39. The third-order valence-electron chi connectivity index (χ3n) is 4.15. The van der Waals surface area contributed by atoms with Crippen LogP contribution in [-0.4, -0.2) is 5.60 Å². The summed E-state index contributed by atoms with van der Waals surface area (Å²) in [5.74, 6) is -0.391. The molecular formula is C16H10Cl3N3O. The Kier molecular flexibility index (Phi) is 4.79. The van der Waals surface area contributed by atoms with Gasteiger partial charge in [-0.15, -0.1) is 0 Å². The summed E-state index contributed by atoms with van der Waals surface area (Å²) in [6.07, 6.45) is 2.19. The largest absolute Gasteiger partial charge is 0.479 e. The summed E-state index contributed by atoms with van der Waals surface area (Å²) < 4.78 is 5.89. The van der Waals surface area contributed by atoms with Crippen molar-refractivity contribution in [2.24, 2.45) is 5.92 Å². The lowest BCUT2D eigenvalue weighted by atomic mass is 9.79. The quantitative estimate of drug-likeness (QED) is 0.627. The number of hydrogen-bond acceptors (Lipinski definition) is 4. The fourth-order valence-corrected chi connectivity index (χ4v) is 3.52. The molecule has 1 aliphatic heterocycles. The highest BCUT2D eigenvalue weighted by Crippen LogP contribution is 2.51. The highest BCUT2D eigenvalue weighted by atomic mass is 35.5. The van der Waals surface area contributed by atoms with Crippen LogP contribution in [0.5, 0.6) is 0 Å². The predicted molar refractivity (Wildman–Crippen MR) is 86.8 cm³/mol. The van der Waals surface area contributed by atoms with E-state index in [1.807, 2.05) is 6.07 Å². The van der Waals surface area contributed by atoms with Crippen LogP contribution in [0.1, 0.15) is 20.3 Å². The van der Waals surface area contributed by atoms with Gasteiger partial charge in [0, 0.05) is 11.0 Å². The Labute approximate surface area is 149 Å². The van der Waals surface area contributed by atoms with E-state index in [4.69, 9.17) is 50.1 Å². The van der Waals surface area contributed by atoms with Gasteiger partial charge < -0.3 is 4.74 Å². The molecule has 0 radical (unpaired) electrons. The van der Waals surface area contributed by atoms with E-state index >= 15 is 0 Å². The van der Waals surface area contributed by atoms with E-state index in [0.29, 0.717) is 22.1 Å². The zero-order chi connectivity index (χ0) is 17.4. The Morgan fingerprint density at radius 2 is 1.87 bits per heavy atom. The molecule has 0 fully saturated rings. The molecule has 2 aliphatic rings. The molecule has 0 spiro atoms. The summed E-state index contributed by atoms with van der Waals surface area (Å²) in [6, 6.07) is 5.50. The Balaban J connectivity index is 2.62. The molecule has 0 aromatic heterocycles. The van der Waals surface area contributed by atoms with Crippen molar-refractivity contribution in [1.82, 2.24) is 0 Å². The number of nitriles is 3. The van der Waals surface area contributed by atoms with Gasteiger partial charge in [0.25, 0.3) is 0 Å². The van der Waals surface area contributed by atoms with Crippen molar-refractivity contribution in [3.63, 3.8) is 0 Å². The summed E-state index contributed by atoms with van der Waals surface area (Å²) in [5, 5.41) is 28.5. The number of hydrogen-bond donors (Lipinski definition) is 0. The van der Waals surface area contributed by atoms with Gasteiger partial charge in [0.15, 0.2) is 11.3 Å². The fourth-order valence-electron chi connectivity index (χ4n) is 2.68. The van der Waals surface area contributed by atoms with E-state index in [2.05, 4.69) is 0 Å². The Bertz CT molecular complexity index is 814. The number of halogens is 3. The molecule has 0 amide bonds. The second-order valence-corrected chi connectivity index (χ2v) is 6.44. The second-order valence-electron chi connectivity index (χ2n) is 5.25. The van der Waals surface area contributed by atoms with E-state index < -0.39 is 5.60 Å². The highest BCUT2D eigenvalue weighted by molar-refractivity contribution is 6.48. The molecular weight excluding hydrogens is 357 g/mol. The van der Waals surface area contributed by atoms with Gasteiger partial charge in [-0.1, -0.05) is 40.9 Å². The number of allylic oxidation sites excluding steroid dienone is 5. The van der Waals surface area contributed by atoms with Gasteiger partial charge >= 0.3 is 0 Å². The maximum atomic E-state index is 9.39. The first kappa shape index (κ1) is 17.5. The molecule has 0 aromatic rings. The topological polar surface area (TPSA) is 80.6 Å². The van der Waals surface area contributed by atoms with E-state index in [1.165, 1.54) is 0 Å². The Morgan fingerprint density at radius 3 is 2.39 bits per heavy atom. The van der Waals surface area contributed by atoms with Crippen LogP contribution in [0.2, 0.25) is 0 Å². The van der Waals surface area contributed by atoms with Gasteiger partial charge in [-0.05, 0) is 25.8 Å². The van der Waals surface area contributed by atoms with Crippen LogP contribution in [0, 0.1) is 39.9 Å². The van der Waals surface area contributed by atoms with Gasteiger partial charge in [-0.25, -0.2) is 0 Å². The van der Waals surface area contributed by atoms with E-state index in [-0.39, 0.29) is 27.9 Å². The van der Waals surface area contributed by atoms with Gasteiger partial charge in [0.2, 0.25) is 0 Å². The van der Waals surface area contributed by atoms with Crippen LogP contribution in [0.15, 0.2) is 43.7 Å². The maximum Gasteiger partial charge on any atom is 0.172 e. The first-order valence-corrected chi connectivity index (χ1v) is 7.71. The molecule has 0 saturated heterocycles. The van der Waals surface area contributed by atoms with Crippen LogP contribution >= 0.6 is 34.8 Å². The molecule has 4 nitrogen and oxygen atoms in total. The summed E-state index contributed by atoms with van der Waals surface area (Å²) in [7, 11) is 0. The average molecular weight is 367 g/mol. The van der Waals surface area contributed by atoms with Crippen molar-refractivity contribution < 1.29 is 4.74 Å². The van der Waals surface area contributed by atoms with Crippen molar-refractivity contribution in [3.05, 3.63) is 43.7 Å². The van der Waals surface area contributed by atoms with Crippen LogP contribution < -0.4 is 0 Å². The Morgan fingerprint density at radius 1 is 1.26 bits per heavy atom. The first-order chi connectivity index (χ1) is 10.8. The minimum atomic E-state index is -0.995. The molecule has 0 aromatic carbocycles. The zero-order valence-corrected chi connectivity index (χ0v) is 14.5. The molecule has 7 heteroatoms. The third kappa shape index (κ3) is 2.62. The summed E-state index contributed by atoms with van der Waals surface area (Å²) in [4.78, 5) is 0. The lowest BCUT2D eigenvalue weighted by Gasteiger charge is -2.36. The van der Waals surface area contributed by atoms with Gasteiger partial charge in [0.1, 0.15) is 23.8 Å². The van der Waals surface area contributed by atoms with Gasteiger partial charge in [0.05, 0.1) is 15.6 Å². The molecule has 2 atom stereocenters. The molecule has 0 N–H and O–H groups in total. The molecule has 0 bridgehead atoms. The number of ether oxygens (including phenoxy) is 1. The lowest BCUT2D eigenvalue weighted by molar-refractivity contribution is 0.0352. The molecule has 1 heterocycles. The lowest BCUT2D eigenvalue weighted by Crippen LogP contribution is -2.37. The zero-order valence-electron chi connectivity index (χ0n) is 12.2. The molecule has 2 unspecified atom stereocenters. The van der Waals surface area contributed by atoms with E-state index in [0.717, 1.165) is 0 Å². The molecule has 2 rings (SSSR count). The number of rotatable bonds is 1. The average Bonchev–Trinajstić information content (AvgIpc) is 2.78. The van der Waals surface area contributed by atoms with Crippen molar-refractivity contribution in [2.75, 3.05) is 0 Å². The van der Waals surface area contributed by atoms with Crippen LogP contribution in [0.25, 0.3) is 0 Å². The Hall–Kier alpha value is -1.90. The standard InChI is InChI=1S/C16H10Cl3N3O/c1-8-10(7-22)15(9(5-20)6-21)23-16(8,2)11-3-4-12(17)14(19)13(11)18/h4,11H,3H2,1-2H3. The second kappa shape index (κ2) is 6.31. The van der Waals surface area contributed by atoms with Crippen molar-refractivity contribution in [1.29, 1.82) is 15.8 Å². The fraction of sp³-hybridized carbons (Fsp3) is 0.312. The summed E-state index contributed by atoms with van der Waals surface area (Å²) >= 11 is 18.4. The summed E-state index contributed by atoms with van der Waals surface area (Å²) in [5.41, 5.74) is -0.478. The van der Waals surface area contributed by atoms with Crippen LogP contribution in [-0.2, 0) is 4.74 Å². The van der Waals surface area contributed by atoms with Crippen molar-refractivity contribution in [2.45, 2.75) is 25.9 Å². The van der Waals surface area contributed by atoms with E-state index in [1.54, 1.807) is 32.1 Å². The molecule has 116 valence electrons. The number of nitrogens with zero attached hydrogens (tertiary/aromatic N) is 3. The normalized spacial score (nSPS) is 27.0. The predicted octanol–water partition coefficient (Wildman–Crippen LogP) is 4.75. The van der Waals surface area contributed by atoms with Gasteiger partial charge in [-0.3, -0.25) is 0 Å². The van der Waals surface area contributed by atoms with Gasteiger partial charge in [-0.2, -0.15) is 15.8 Å². The highest BCUT2D eigenvalue weighted by Gasteiger charge is 2.49. The summed E-state index contributed by atoms with van der Waals surface area (Å²) in [6.45, 7) is 3.47. The smallest absolute Gasteiger partial charge is 0.172 e. The third-order valence-corrected chi connectivity index (χ3v) is 5.54. The van der Waals surface area contributed by atoms with E-state index in [9.17, 15) is 5.26 Å². The minimum Gasteiger partial charge on any atom is -0.479 e. The van der Waals surface area contributed by atoms with Crippen molar-refractivity contribution in [3.8, 4) is 18.2 Å². The van der Waals surface area contributed by atoms with Crippen molar-refractivity contribution >= 4 is 34.8 Å². The SMILES string of the molecule is CC1=C(C#N)C(=C(C#N)C#N)OC1(C)C1CC=C(Cl)C(Cl)=C1Cl. The van der Waals surface area contributed by atoms with Crippen LogP contribution in [0.4, 0.5) is 0 Å². The molecule has 23 heavy (non-hydrogen) atoms. The minimum absolute atomic E-state index is 0.0151. The molecule has 0 saturated carbocycles. The monoisotopic (exact) mass is 365 g/mol. The molecule has 1 aliphatic carbocycles.